The van der Waals surface area contributed by atoms with E-state index in [1.165, 1.54) is 11.3 Å². The molecule has 1 fully saturated rings. The lowest BCUT2D eigenvalue weighted by Crippen LogP contribution is -2.40. The molecule has 5 nitrogen and oxygen atoms in total. The highest BCUT2D eigenvalue weighted by molar-refractivity contribution is 7.14. The van der Waals surface area contributed by atoms with E-state index in [0.29, 0.717) is 6.54 Å². The fraction of sp³-hybridized carbons (Fsp3) is 0.400. The zero-order chi connectivity index (χ0) is 14.5. The average molecular weight is 302 g/mol. The summed E-state index contributed by atoms with van der Waals surface area (Å²) in [5.74, 6) is 0.193. The van der Waals surface area contributed by atoms with Crippen molar-refractivity contribution in [1.29, 1.82) is 0 Å². The minimum atomic E-state index is 0.0836. The number of hydrogen-bond acceptors (Lipinski definition) is 5. The summed E-state index contributed by atoms with van der Waals surface area (Å²) in [6.07, 6.45) is 2.03. The van der Waals surface area contributed by atoms with Gasteiger partial charge in [0.15, 0.2) is 0 Å². The molecule has 3 rings (SSSR count). The fourth-order valence-corrected chi connectivity index (χ4v) is 3.19. The maximum atomic E-state index is 12.1. The van der Waals surface area contributed by atoms with Crippen molar-refractivity contribution in [3.05, 3.63) is 35.3 Å². The van der Waals surface area contributed by atoms with Crippen LogP contribution in [0.1, 0.15) is 17.8 Å². The summed E-state index contributed by atoms with van der Waals surface area (Å²) in [7, 11) is 0. The van der Waals surface area contributed by atoms with Crippen LogP contribution in [0.15, 0.2) is 30.3 Å². The van der Waals surface area contributed by atoms with Gasteiger partial charge in [-0.3, -0.25) is 4.79 Å². The quantitative estimate of drug-likeness (QED) is 0.904. The van der Waals surface area contributed by atoms with Crippen LogP contribution in [0.2, 0.25) is 0 Å². The summed E-state index contributed by atoms with van der Waals surface area (Å²) < 4.78 is 0. The van der Waals surface area contributed by atoms with Crippen molar-refractivity contribution in [1.82, 2.24) is 20.8 Å². The third kappa shape index (κ3) is 3.65. The van der Waals surface area contributed by atoms with Gasteiger partial charge in [-0.1, -0.05) is 41.7 Å². The molecule has 1 aromatic heterocycles. The number of rotatable bonds is 4. The Labute approximate surface area is 127 Å². The van der Waals surface area contributed by atoms with Crippen LogP contribution in [-0.4, -0.2) is 29.2 Å². The van der Waals surface area contributed by atoms with Crippen LogP contribution in [0.5, 0.6) is 0 Å². The van der Waals surface area contributed by atoms with E-state index >= 15 is 0 Å². The summed E-state index contributed by atoms with van der Waals surface area (Å²) in [4.78, 5) is 12.1. The Hall–Kier alpha value is -1.79. The predicted molar refractivity (Wildman–Crippen MR) is 82.8 cm³/mol. The molecule has 0 bridgehead atoms. The summed E-state index contributed by atoms with van der Waals surface area (Å²) in [5, 5.41) is 16.3. The maximum absolute atomic E-state index is 12.1. The second-order valence-electron chi connectivity index (χ2n) is 5.13. The van der Waals surface area contributed by atoms with Crippen molar-refractivity contribution < 1.29 is 4.79 Å². The lowest BCUT2D eigenvalue weighted by atomic mass is 9.99. The molecule has 2 N–H and O–H groups in total. The van der Waals surface area contributed by atoms with E-state index in [-0.39, 0.29) is 11.8 Å². The molecule has 1 aromatic carbocycles. The number of hydrogen-bond donors (Lipinski definition) is 2. The average Bonchev–Trinajstić information content (AvgIpc) is 3.03. The highest BCUT2D eigenvalue weighted by Crippen LogP contribution is 2.22. The Balaban J connectivity index is 1.56. The standard InChI is InChI=1S/C15H18N4OS/c20-14(12-7-4-8-16-9-12)17-10-13-18-19-15(21-13)11-5-2-1-3-6-11/h1-3,5-6,12,16H,4,7-10H2,(H,17,20). The fourth-order valence-electron chi connectivity index (χ4n) is 2.41. The monoisotopic (exact) mass is 302 g/mol. The van der Waals surface area contributed by atoms with E-state index < -0.39 is 0 Å². The van der Waals surface area contributed by atoms with Crippen LogP contribution in [-0.2, 0) is 11.3 Å². The van der Waals surface area contributed by atoms with E-state index in [2.05, 4.69) is 20.8 Å². The molecule has 1 saturated heterocycles. The van der Waals surface area contributed by atoms with Crippen molar-refractivity contribution in [3.8, 4) is 10.6 Å². The van der Waals surface area contributed by atoms with Gasteiger partial charge in [0.25, 0.3) is 0 Å². The Morgan fingerprint density at radius 1 is 1.33 bits per heavy atom. The summed E-state index contributed by atoms with van der Waals surface area (Å²) >= 11 is 1.52. The van der Waals surface area contributed by atoms with Gasteiger partial charge >= 0.3 is 0 Å². The Morgan fingerprint density at radius 2 is 2.19 bits per heavy atom. The van der Waals surface area contributed by atoms with Gasteiger partial charge in [0.1, 0.15) is 10.0 Å². The van der Waals surface area contributed by atoms with E-state index in [1.807, 2.05) is 30.3 Å². The number of carbonyl (C=O) groups is 1. The Kier molecular flexibility index (Phi) is 4.57. The number of amides is 1. The number of carbonyl (C=O) groups excluding carboxylic acids is 1. The second-order valence-corrected chi connectivity index (χ2v) is 6.19. The first-order chi connectivity index (χ1) is 10.3. The summed E-state index contributed by atoms with van der Waals surface area (Å²) in [6, 6.07) is 9.96. The van der Waals surface area contributed by atoms with E-state index in [1.54, 1.807) is 0 Å². The summed E-state index contributed by atoms with van der Waals surface area (Å²) in [5.41, 5.74) is 1.06. The van der Waals surface area contributed by atoms with Crippen LogP contribution < -0.4 is 10.6 Å². The van der Waals surface area contributed by atoms with Gasteiger partial charge in [-0.15, -0.1) is 10.2 Å². The first-order valence-corrected chi connectivity index (χ1v) is 8.01. The van der Waals surface area contributed by atoms with Gasteiger partial charge in [-0.05, 0) is 19.4 Å². The predicted octanol–water partition coefficient (Wildman–Crippen LogP) is 1.82. The zero-order valence-electron chi connectivity index (χ0n) is 11.7. The molecule has 1 unspecified atom stereocenters. The van der Waals surface area contributed by atoms with E-state index in [0.717, 1.165) is 41.5 Å². The molecule has 21 heavy (non-hydrogen) atoms. The van der Waals surface area contributed by atoms with Gasteiger partial charge in [0, 0.05) is 12.1 Å². The molecule has 6 heteroatoms. The van der Waals surface area contributed by atoms with Crippen molar-refractivity contribution >= 4 is 17.2 Å². The van der Waals surface area contributed by atoms with Crippen molar-refractivity contribution in [2.75, 3.05) is 13.1 Å². The molecule has 1 aliphatic rings. The first-order valence-electron chi connectivity index (χ1n) is 7.19. The lowest BCUT2D eigenvalue weighted by Gasteiger charge is -2.21. The molecule has 0 saturated carbocycles. The minimum Gasteiger partial charge on any atom is -0.349 e. The van der Waals surface area contributed by atoms with Crippen molar-refractivity contribution in [2.24, 2.45) is 5.92 Å². The third-order valence-electron chi connectivity index (χ3n) is 3.57. The van der Waals surface area contributed by atoms with Gasteiger partial charge < -0.3 is 10.6 Å². The van der Waals surface area contributed by atoms with Gasteiger partial charge in [-0.2, -0.15) is 0 Å². The molecule has 1 amide bonds. The molecule has 2 aromatic rings. The van der Waals surface area contributed by atoms with Gasteiger partial charge in [-0.25, -0.2) is 0 Å². The topological polar surface area (TPSA) is 66.9 Å². The Morgan fingerprint density at radius 3 is 2.95 bits per heavy atom. The summed E-state index contributed by atoms with van der Waals surface area (Å²) in [6.45, 7) is 2.25. The highest BCUT2D eigenvalue weighted by Gasteiger charge is 2.20. The van der Waals surface area contributed by atoms with Gasteiger partial charge in [0.2, 0.25) is 5.91 Å². The van der Waals surface area contributed by atoms with Gasteiger partial charge in [0.05, 0.1) is 12.5 Å². The van der Waals surface area contributed by atoms with Crippen LogP contribution >= 0.6 is 11.3 Å². The number of benzene rings is 1. The number of nitrogens with zero attached hydrogens (tertiary/aromatic N) is 2. The number of nitrogens with one attached hydrogen (secondary N) is 2. The minimum absolute atomic E-state index is 0.0836. The molecule has 0 aliphatic carbocycles. The van der Waals surface area contributed by atoms with Crippen LogP contribution in [0.3, 0.4) is 0 Å². The smallest absolute Gasteiger partial charge is 0.224 e. The number of piperidine rings is 1. The molecular formula is C15H18N4OS. The van der Waals surface area contributed by atoms with E-state index in [9.17, 15) is 4.79 Å². The number of aromatic nitrogens is 2. The molecule has 110 valence electrons. The molecular weight excluding hydrogens is 284 g/mol. The molecule has 1 aliphatic heterocycles. The molecule has 2 heterocycles. The maximum Gasteiger partial charge on any atom is 0.224 e. The largest absolute Gasteiger partial charge is 0.349 e. The SMILES string of the molecule is O=C(NCc1nnc(-c2ccccc2)s1)C1CCCNC1. The molecule has 1 atom stereocenters. The van der Waals surface area contributed by atoms with Crippen molar-refractivity contribution in [2.45, 2.75) is 19.4 Å². The lowest BCUT2D eigenvalue weighted by molar-refractivity contribution is -0.125. The zero-order valence-corrected chi connectivity index (χ0v) is 12.5. The third-order valence-corrected chi connectivity index (χ3v) is 4.54. The van der Waals surface area contributed by atoms with Crippen LogP contribution in [0.4, 0.5) is 0 Å². The highest BCUT2D eigenvalue weighted by atomic mass is 32.1. The van der Waals surface area contributed by atoms with Crippen LogP contribution in [0, 0.1) is 5.92 Å². The molecule has 0 spiro atoms. The second kappa shape index (κ2) is 6.78. The van der Waals surface area contributed by atoms with Crippen molar-refractivity contribution in [3.63, 3.8) is 0 Å². The van der Waals surface area contributed by atoms with E-state index in [4.69, 9.17) is 0 Å². The van der Waals surface area contributed by atoms with Crippen LogP contribution in [0.25, 0.3) is 10.6 Å². The molecule has 0 radical (unpaired) electrons. The first kappa shape index (κ1) is 14.2. The normalized spacial score (nSPS) is 18.4. The Bertz CT molecular complexity index is 593.